The molecule has 0 radical (unpaired) electrons. The van der Waals surface area contributed by atoms with Crippen LogP contribution in [0.1, 0.15) is 39.2 Å². The summed E-state index contributed by atoms with van der Waals surface area (Å²) in [6, 6.07) is 3.25. The van der Waals surface area contributed by atoms with E-state index in [-0.39, 0.29) is 24.1 Å². The van der Waals surface area contributed by atoms with Gasteiger partial charge in [0.25, 0.3) is 0 Å². The Balaban J connectivity index is 2.01. The quantitative estimate of drug-likeness (QED) is 0.780. The molecule has 2 atom stereocenters. The molecule has 1 aromatic heterocycles. The predicted octanol–water partition coefficient (Wildman–Crippen LogP) is 2.79. The largest absolute Gasteiger partial charge is 0.466 e. The van der Waals surface area contributed by atoms with E-state index < -0.39 is 5.60 Å². The molecule has 3 heterocycles. The Labute approximate surface area is 141 Å². The molecule has 1 aromatic rings. The minimum atomic E-state index is -0.582. The van der Waals surface area contributed by atoms with Crippen molar-refractivity contribution in [3.8, 4) is 0 Å². The van der Waals surface area contributed by atoms with E-state index >= 15 is 0 Å². The number of ether oxygens (including phenoxy) is 2. The van der Waals surface area contributed by atoms with Crippen molar-refractivity contribution in [2.75, 3.05) is 7.11 Å². The molecule has 6 nitrogen and oxygen atoms in total. The van der Waals surface area contributed by atoms with Crippen molar-refractivity contribution in [2.24, 2.45) is 0 Å². The molecular formula is C18H22N2O4. The minimum Gasteiger partial charge on any atom is -0.466 e. The molecule has 2 unspecified atom stereocenters. The third-order valence-electron chi connectivity index (χ3n) is 4.34. The first kappa shape index (κ1) is 16.5. The highest BCUT2D eigenvalue weighted by Gasteiger charge is 2.52. The maximum absolute atomic E-state index is 12.7. The van der Waals surface area contributed by atoms with Crippen LogP contribution in [-0.4, -0.2) is 46.7 Å². The van der Waals surface area contributed by atoms with Gasteiger partial charge < -0.3 is 9.47 Å². The highest BCUT2D eigenvalue weighted by Crippen LogP contribution is 2.47. The smallest absolute Gasteiger partial charge is 0.411 e. The van der Waals surface area contributed by atoms with Gasteiger partial charge in [0.1, 0.15) is 5.60 Å². The summed E-state index contributed by atoms with van der Waals surface area (Å²) in [6.45, 7) is 5.50. The molecule has 2 aliphatic rings. The number of esters is 1. The molecule has 24 heavy (non-hydrogen) atoms. The molecule has 0 saturated carbocycles. The molecule has 0 N–H and O–H groups in total. The second-order valence-electron chi connectivity index (χ2n) is 7.05. The van der Waals surface area contributed by atoms with Crippen LogP contribution in [0.15, 0.2) is 30.1 Å². The van der Waals surface area contributed by atoms with Crippen LogP contribution in [0.5, 0.6) is 0 Å². The van der Waals surface area contributed by atoms with Gasteiger partial charge in [0.2, 0.25) is 0 Å². The van der Waals surface area contributed by atoms with Crippen molar-refractivity contribution < 1.29 is 19.1 Å². The number of rotatable bonds is 2. The van der Waals surface area contributed by atoms with Crippen LogP contribution in [0.4, 0.5) is 4.79 Å². The molecule has 3 rings (SSSR count). The zero-order valence-electron chi connectivity index (χ0n) is 14.4. The van der Waals surface area contributed by atoms with E-state index in [9.17, 15) is 9.59 Å². The van der Waals surface area contributed by atoms with Gasteiger partial charge in [-0.05, 0) is 56.9 Å². The second-order valence-corrected chi connectivity index (χ2v) is 7.05. The lowest BCUT2D eigenvalue weighted by Gasteiger charge is -2.28. The molecule has 128 valence electrons. The highest BCUT2D eigenvalue weighted by atomic mass is 16.6. The fourth-order valence-corrected chi connectivity index (χ4v) is 3.54. The summed E-state index contributed by atoms with van der Waals surface area (Å²) in [5, 5.41) is 0. The first-order valence-corrected chi connectivity index (χ1v) is 8.07. The van der Waals surface area contributed by atoms with Gasteiger partial charge in [0, 0.05) is 12.4 Å². The first-order valence-electron chi connectivity index (χ1n) is 8.07. The summed E-state index contributed by atoms with van der Waals surface area (Å²) < 4.78 is 10.5. The first-order chi connectivity index (χ1) is 11.3. The normalized spacial score (nSPS) is 22.8. The summed E-state index contributed by atoms with van der Waals surface area (Å²) in [5.74, 6) is -0.387. The monoisotopic (exact) mass is 330 g/mol. The third kappa shape index (κ3) is 2.77. The zero-order valence-corrected chi connectivity index (χ0v) is 14.4. The topological polar surface area (TPSA) is 68.7 Å². The van der Waals surface area contributed by atoms with Crippen LogP contribution in [0, 0.1) is 0 Å². The lowest BCUT2D eigenvalue weighted by molar-refractivity contribution is -0.136. The Hall–Kier alpha value is -2.37. The number of pyridine rings is 1. The molecule has 0 aliphatic carbocycles. The van der Waals surface area contributed by atoms with Gasteiger partial charge in [-0.15, -0.1) is 0 Å². The Morgan fingerprint density at radius 3 is 2.38 bits per heavy atom. The Morgan fingerprint density at radius 1 is 1.17 bits per heavy atom. The van der Waals surface area contributed by atoms with Crippen molar-refractivity contribution in [2.45, 2.75) is 51.3 Å². The van der Waals surface area contributed by atoms with Crippen LogP contribution in [0.3, 0.4) is 0 Å². The van der Waals surface area contributed by atoms with Crippen molar-refractivity contribution in [3.63, 3.8) is 0 Å². The number of methoxy groups -OCH3 is 1. The summed E-state index contributed by atoms with van der Waals surface area (Å²) >= 11 is 0. The zero-order chi connectivity index (χ0) is 17.5. The van der Waals surface area contributed by atoms with Crippen LogP contribution in [-0.2, 0) is 14.3 Å². The molecule has 2 aliphatic heterocycles. The van der Waals surface area contributed by atoms with E-state index in [2.05, 4.69) is 4.98 Å². The summed E-state index contributed by atoms with van der Waals surface area (Å²) in [5.41, 5.74) is 1.73. The summed E-state index contributed by atoms with van der Waals surface area (Å²) in [7, 11) is 1.36. The van der Waals surface area contributed by atoms with Crippen LogP contribution < -0.4 is 0 Å². The fraction of sp³-hybridized carbons (Fsp3) is 0.500. The summed E-state index contributed by atoms with van der Waals surface area (Å²) in [6.07, 6.45) is 4.52. The third-order valence-corrected chi connectivity index (χ3v) is 4.34. The van der Waals surface area contributed by atoms with Gasteiger partial charge in [0.05, 0.1) is 24.8 Å². The van der Waals surface area contributed by atoms with Crippen molar-refractivity contribution in [1.82, 2.24) is 9.88 Å². The van der Waals surface area contributed by atoms with Gasteiger partial charge in [-0.25, -0.2) is 9.59 Å². The predicted molar refractivity (Wildman–Crippen MR) is 88.1 cm³/mol. The van der Waals surface area contributed by atoms with E-state index in [0.717, 1.165) is 24.0 Å². The highest BCUT2D eigenvalue weighted by molar-refractivity contribution is 6.03. The van der Waals surface area contributed by atoms with Crippen molar-refractivity contribution >= 4 is 17.6 Å². The average Bonchev–Trinajstić information content (AvgIpc) is 3.09. The average molecular weight is 330 g/mol. The number of carbonyl (C=O) groups is 2. The molecule has 2 bridgehead atoms. The molecule has 6 heteroatoms. The Kier molecular flexibility index (Phi) is 4.07. The number of fused-ring (bicyclic) bond motifs is 2. The standard InChI is InChI=1S/C18H22N2O4/c1-18(2,3)24-17(22)20-12-5-6-13(20)15(16(21)23-4)14(12)11-7-9-19-10-8-11/h7-10,12-13H,5-6H2,1-4H3. The SMILES string of the molecule is COC(=O)C1=C(c2ccncc2)C2CCC1N2C(=O)OC(C)(C)C. The van der Waals surface area contributed by atoms with E-state index in [4.69, 9.17) is 9.47 Å². The van der Waals surface area contributed by atoms with E-state index in [0.29, 0.717) is 5.57 Å². The minimum absolute atomic E-state index is 0.165. The molecule has 1 saturated heterocycles. The Morgan fingerprint density at radius 2 is 1.79 bits per heavy atom. The summed E-state index contributed by atoms with van der Waals surface area (Å²) in [4.78, 5) is 30.7. The van der Waals surface area contributed by atoms with Gasteiger partial charge in [-0.3, -0.25) is 9.88 Å². The van der Waals surface area contributed by atoms with Crippen LogP contribution in [0.2, 0.25) is 0 Å². The number of aromatic nitrogens is 1. The molecular weight excluding hydrogens is 308 g/mol. The van der Waals surface area contributed by atoms with Gasteiger partial charge in [-0.1, -0.05) is 0 Å². The van der Waals surface area contributed by atoms with Gasteiger partial charge >= 0.3 is 12.1 Å². The van der Waals surface area contributed by atoms with Crippen LogP contribution in [0.25, 0.3) is 5.57 Å². The maximum Gasteiger partial charge on any atom is 0.411 e. The molecule has 0 aromatic carbocycles. The molecule has 1 fully saturated rings. The number of hydrogen-bond donors (Lipinski definition) is 0. The van der Waals surface area contributed by atoms with Gasteiger partial charge in [0.15, 0.2) is 0 Å². The Bertz CT molecular complexity index is 691. The number of nitrogens with zero attached hydrogens (tertiary/aromatic N) is 2. The van der Waals surface area contributed by atoms with Crippen molar-refractivity contribution in [1.29, 1.82) is 0 Å². The number of amides is 1. The number of carbonyl (C=O) groups excluding carboxylic acids is 2. The second kappa shape index (κ2) is 5.92. The van der Waals surface area contributed by atoms with E-state index in [1.165, 1.54) is 7.11 Å². The van der Waals surface area contributed by atoms with Gasteiger partial charge in [-0.2, -0.15) is 0 Å². The fourth-order valence-electron chi connectivity index (χ4n) is 3.54. The number of hydrogen-bond acceptors (Lipinski definition) is 5. The lowest BCUT2D eigenvalue weighted by atomic mass is 9.88. The molecule has 1 amide bonds. The molecule has 0 spiro atoms. The van der Waals surface area contributed by atoms with Crippen molar-refractivity contribution in [3.05, 3.63) is 35.7 Å². The maximum atomic E-state index is 12.7. The van der Waals surface area contributed by atoms with Crippen LogP contribution >= 0.6 is 0 Å². The van der Waals surface area contributed by atoms with E-state index in [1.54, 1.807) is 17.3 Å². The van der Waals surface area contributed by atoms with E-state index in [1.807, 2.05) is 32.9 Å². The lowest BCUT2D eigenvalue weighted by Crippen LogP contribution is -2.41.